The van der Waals surface area contributed by atoms with Crippen molar-refractivity contribution in [2.24, 2.45) is 0 Å². The predicted octanol–water partition coefficient (Wildman–Crippen LogP) is 2.61. The van der Waals surface area contributed by atoms with E-state index in [0.717, 1.165) is 48.6 Å². The molecule has 0 aliphatic carbocycles. The largest absolute Gasteiger partial charge is 0.335 e. The van der Waals surface area contributed by atoms with Gasteiger partial charge >= 0.3 is 0 Å². The monoisotopic (exact) mass is 413 g/mol. The van der Waals surface area contributed by atoms with Gasteiger partial charge in [-0.15, -0.1) is 10.2 Å². The summed E-state index contributed by atoms with van der Waals surface area (Å²) < 4.78 is 0. The third-order valence-corrected chi connectivity index (χ3v) is 5.94. The summed E-state index contributed by atoms with van der Waals surface area (Å²) in [5, 5.41) is 13.9. The Kier molecular flexibility index (Phi) is 8.42. The van der Waals surface area contributed by atoms with Crippen molar-refractivity contribution >= 4 is 23.5 Å². The molecule has 7 nitrogen and oxygen atoms in total. The molecule has 0 radical (unpaired) electrons. The number of aryl methyl sites for hydroxylation is 1. The zero-order valence-corrected chi connectivity index (χ0v) is 17.3. The molecule has 1 amide bonds. The summed E-state index contributed by atoms with van der Waals surface area (Å²) in [5.74, 6) is 2.88. The summed E-state index contributed by atoms with van der Waals surface area (Å²) in [6, 6.07) is 9.76. The van der Waals surface area contributed by atoms with E-state index in [1.807, 2.05) is 53.1 Å². The highest BCUT2D eigenvalue weighted by Crippen LogP contribution is 2.20. The Labute approximate surface area is 175 Å². The normalized spacial score (nSPS) is 17.2. The number of nitrogens with zero attached hydrogens (tertiary/aromatic N) is 4. The van der Waals surface area contributed by atoms with Crippen LogP contribution in [0.4, 0.5) is 0 Å². The highest BCUT2D eigenvalue weighted by atomic mass is 32.2. The third kappa shape index (κ3) is 7.12. The van der Waals surface area contributed by atoms with Gasteiger partial charge in [-0.25, -0.2) is 0 Å². The number of thioether (sulfide) groups is 1. The summed E-state index contributed by atoms with van der Waals surface area (Å²) in [5.41, 5.74) is 1.01. The molecule has 8 heteroatoms. The van der Waals surface area contributed by atoms with Gasteiger partial charge in [0.2, 0.25) is 5.91 Å². The Morgan fingerprint density at radius 3 is 2.93 bits per heavy atom. The first-order valence-electron chi connectivity index (χ1n) is 10.1. The number of benzene rings is 1. The summed E-state index contributed by atoms with van der Waals surface area (Å²) in [4.78, 5) is 26.6. The topological polar surface area (TPSA) is 91.8 Å². The van der Waals surface area contributed by atoms with Gasteiger partial charge in [0.05, 0.1) is 6.04 Å². The van der Waals surface area contributed by atoms with Crippen molar-refractivity contribution in [3.63, 3.8) is 0 Å². The van der Waals surface area contributed by atoms with Crippen molar-refractivity contribution in [3.8, 4) is 0 Å². The van der Waals surface area contributed by atoms with Crippen LogP contribution in [0, 0.1) is 0 Å². The Balaban J connectivity index is 1.42. The van der Waals surface area contributed by atoms with E-state index in [9.17, 15) is 9.59 Å². The first-order chi connectivity index (χ1) is 14.2. The predicted molar refractivity (Wildman–Crippen MR) is 113 cm³/mol. The number of ketones is 1. The number of aromatic nitrogens is 4. The van der Waals surface area contributed by atoms with Crippen LogP contribution in [0.5, 0.6) is 0 Å². The van der Waals surface area contributed by atoms with Crippen LogP contribution in [0.25, 0.3) is 0 Å². The van der Waals surface area contributed by atoms with Crippen molar-refractivity contribution in [3.05, 3.63) is 53.9 Å². The highest BCUT2D eigenvalue weighted by Gasteiger charge is 2.25. The van der Waals surface area contributed by atoms with E-state index in [4.69, 9.17) is 0 Å². The van der Waals surface area contributed by atoms with Crippen molar-refractivity contribution in [2.45, 2.75) is 44.6 Å². The Bertz CT molecular complexity index is 795. The number of tetrazole rings is 1. The van der Waals surface area contributed by atoms with Gasteiger partial charge in [-0.2, -0.15) is 17.0 Å². The minimum atomic E-state index is 0.0240. The van der Waals surface area contributed by atoms with Crippen molar-refractivity contribution in [1.29, 1.82) is 0 Å². The third-order valence-electron chi connectivity index (χ3n) is 4.89. The molecule has 1 N–H and O–H groups in total. The maximum atomic E-state index is 12.4. The summed E-state index contributed by atoms with van der Waals surface area (Å²) in [6.45, 7) is 0.716. The van der Waals surface area contributed by atoms with Gasteiger partial charge < -0.3 is 4.90 Å². The van der Waals surface area contributed by atoms with Crippen LogP contribution in [0.15, 0.2) is 42.5 Å². The fourth-order valence-corrected chi connectivity index (χ4v) is 4.28. The minimum absolute atomic E-state index is 0.0240. The number of hydrogen-bond donors (Lipinski definition) is 1. The number of hydrogen-bond acceptors (Lipinski definition) is 6. The molecular formula is C21H27N5O2S. The van der Waals surface area contributed by atoms with E-state index in [-0.39, 0.29) is 17.7 Å². The Morgan fingerprint density at radius 1 is 1.28 bits per heavy atom. The van der Waals surface area contributed by atoms with Crippen LogP contribution >= 0.6 is 11.8 Å². The molecule has 2 heterocycles. The lowest BCUT2D eigenvalue weighted by molar-refractivity contribution is -0.134. The van der Waals surface area contributed by atoms with Gasteiger partial charge in [-0.1, -0.05) is 41.6 Å². The summed E-state index contributed by atoms with van der Waals surface area (Å²) >= 11 is 1.83. The minimum Gasteiger partial charge on any atom is -0.335 e. The van der Waals surface area contributed by atoms with Crippen LogP contribution < -0.4 is 0 Å². The van der Waals surface area contributed by atoms with E-state index in [0.29, 0.717) is 19.4 Å². The second-order valence-corrected chi connectivity index (χ2v) is 8.30. The molecule has 1 aliphatic rings. The fourth-order valence-electron chi connectivity index (χ4n) is 3.40. The molecule has 0 saturated carbocycles. The lowest BCUT2D eigenvalue weighted by Gasteiger charge is -2.34. The molecule has 1 aromatic carbocycles. The first-order valence-corrected chi connectivity index (χ1v) is 11.2. The quantitative estimate of drug-likeness (QED) is 0.450. The Hall–Kier alpha value is -2.48. The molecule has 3 rings (SSSR count). The molecule has 1 aliphatic heterocycles. The molecule has 1 saturated heterocycles. The fraction of sp³-hybridized carbons (Fsp3) is 0.476. The zero-order chi connectivity index (χ0) is 20.3. The second-order valence-electron chi connectivity index (χ2n) is 7.08. The second kappa shape index (κ2) is 11.5. The first kappa shape index (κ1) is 21.2. The van der Waals surface area contributed by atoms with Crippen LogP contribution in [0.3, 0.4) is 0 Å². The van der Waals surface area contributed by atoms with Gasteiger partial charge in [-0.05, 0) is 36.7 Å². The van der Waals surface area contributed by atoms with Crippen LogP contribution in [0.2, 0.25) is 0 Å². The van der Waals surface area contributed by atoms with Gasteiger partial charge in [0.1, 0.15) is 0 Å². The van der Waals surface area contributed by atoms with Crippen molar-refractivity contribution < 1.29 is 9.59 Å². The molecule has 154 valence electrons. The van der Waals surface area contributed by atoms with Crippen molar-refractivity contribution in [1.82, 2.24) is 25.5 Å². The maximum absolute atomic E-state index is 12.4. The molecule has 29 heavy (non-hydrogen) atoms. The summed E-state index contributed by atoms with van der Waals surface area (Å²) in [6.07, 6.45) is 8.17. The van der Waals surface area contributed by atoms with E-state index >= 15 is 0 Å². The highest BCUT2D eigenvalue weighted by molar-refractivity contribution is 7.99. The molecule has 1 fully saturated rings. The van der Waals surface area contributed by atoms with Crippen LogP contribution in [-0.2, 0) is 22.4 Å². The number of amides is 1. The standard InChI is InChI=1S/C21H27N5O2S/c27-19(16-17-6-2-1-3-7-17)12-11-18-8-4-10-21(28)26(18)13-15-29-14-5-9-20-22-24-25-23-20/h1-3,6-7,11-12,18H,4-5,8-10,13-16H2,(H,22,23,24,25)/b12-11+/t18-/m1/s1. The van der Waals surface area contributed by atoms with Gasteiger partial charge in [0, 0.05) is 31.6 Å². The molecule has 0 bridgehead atoms. The number of aromatic amines is 1. The molecule has 1 atom stereocenters. The molecule has 2 aromatic rings. The molecular weight excluding hydrogens is 386 g/mol. The van der Waals surface area contributed by atoms with E-state index in [1.165, 1.54) is 0 Å². The molecule has 1 aromatic heterocycles. The number of likely N-dealkylation sites (tertiary alicyclic amines) is 1. The van der Waals surface area contributed by atoms with Crippen LogP contribution in [-0.4, -0.2) is 61.3 Å². The lowest BCUT2D eigenvalue weighted by atomic mass is 10.00. The van der Waals surface area contributed by atoms with Gasteiger partial charge in [0.25, 0.3) is 0 Å². The average molecular weight is 414 g/mol. The van der Waals surface area contributed by atoms with E-state index in [2.05, 4.69) is 20.6 Å². The Morgan fingerprint density at radius 2 is 2.14 bits per heavy atom. The van der Waals surface area contributed by atoms with E-state index in [1.54, 1.807) is 6.08 Å². The number of rotatable bonds is 11. The molecule has 0 spiro atoms. The van der Waals surface area contributed by atoms with Gasteiger partial charge in [-0.3, -0.25) is 9.59 Å². The summed E-state index contributed by atoms with van der Waals surface area (Å²) in [7, 11) is 0. The zero-order valence-electron chi connectivity index (χ0n) is 16.5. The number of carbonyl (C=O) groups is 2. The average Bonchev–Trinajstić information content (AvgIpc) is 3.24. The number of allylic oxidation sites excluding steroid dienone is 1. The molecule has 0 unspecified atom stereocenters. The van der Waals surface area contributed by atoms with Crippen molar-refractivity contribution in [2.75, 3.05) is 18.1 Å². The number of nitrogens with one attached hydrogen (secondary N) is 1. The van der Waals surface area contributed by atoms with Gasteiger partial charge in [0.15, 0.2) is 11.6 Å². The van der Waals surface area contributed by atoms with E-state index < -0.39 is 0 Å². The smallest absolute Gasteiger partial charge is 0.223 e. The number of piperidine rings is 1. The number of H-pyrrole nitrogens is 1. The maximum Gasteiger partial charge on any atom is 0.223 e. The SMILES string of the molecule is O=C(/C=C/[C@H]1CCCC(=O)N1CCSCCCc1nn[nH]n1)Cc1ccccc1. The lowest BCUT2D eigenvalue weighted by Crippen LogP contribution is -2.43. The number of carbonyl (C=O) groups excluding carboxylic acids is 2. The van der Waals surface area contributed by atoms with Crippen LogP contribution in [0.1, 0.15) is 37.1 Å².